The van der Waals surface area contributed by atoms with Gasteiger partial charge in [0.05, 0.1) is 17.1 Å². The highest BCUT2D eigenvalue weighted by Gasteiger charge is 2.23. The zero-order chi connectivity index (χ0) is 14.0. The highest BCUT2D eigenvalue weighted by molar-refractivity contribution is 9.08. The lowest BCUT2D eigenvalue weighted by Gasteiger charge is -2.36. The van der Waals surface area contributed by atoms with Gasteiger partial charge >= 0.3 is 0 Å². The largest absolute Gasteiger partial charge is 0.372 e. The van der Waals surface area contributed by atoms with Crippen LogP contribution in [-0.2, 0) is 10.1 Å². The van der Waals surface area contributed by atoms with Crippen molar-refractivity contribution in [3.63, 3.8) is 0 Å². The fraction of sp³-hybridized carbons (Fsp3) is 0.538. The second-order valence-corrected chi connectivity index (χ2v) is 5.47. The number of hydrogen-bond acceptors (Lipinski definition) is 4. The molecule has 0 N–H and O–H groups in total. The summed E-state index contributed by atoms with van der Waals surface area (Å²) in [4.78, 5) is 12.8. The normalized spacial score (nSPS) is 23.4. The fourth-order valence-corrected chi connectivity index (χ4v) is 2.73. The first-order valence-electron chi connectivity index (χ1n) is 6.24. The molecule has 0 spiro atoms. The van der Waals surface area contributed by atoms with E-state index in [-0.39, 0.29) is 22.8 Å². The Hall–Kier alpha value is -1.14. The maximum absolute atomic E-state index is 11.0. The third kappa shape index (κ3) is 3.45. The Bertz CT molecular complexity index is 471. The van der Waals surface area contributed by atoms with Crippen LogP contribution >= 0.6 is 15.9 Å². The SMILES string of the molecule is C[C@H]1CN(c2cc(CBr)cc([N+](=O)[O-])c2)C[C@H](C)O1. The van der Waals surface area contributed by atoms with Crippen molar-refractivity contribution in [2.24, 2.45) is 0 Å². The summed E-state index contributed by atoms with van der Waals surface area (Å²) in [5.41, 5.74) is 1.94. The zero-order valence-electron chi connectivity index (χ0n) is 11.0. The van der Waals surface area contributed by atoms with E-state index < -0.39 is 0 Å². The predicted molar refractivity (Wildman–Crippen MR) is 77.9 cm³/mol. The third-order valence-corrected chi connectivity index (χ3v) is 3.76. The van der Waals surface area contributed by atoms with E-state index in [1.807, 2.05) is 19.9 Å². The van der Waals surface area contributed by atoms with Gasteiger partial charge in [0.15, 0.2) is 0 Å². The average molecular weight is 329 g/mol. The predicted octanol–water partition coefficient (Wildman–Crippen LogP) is 3.10. The van der Waals surface area contributed by atoms with Gasteiger partial charge in [-0.1, -0.05) is 15.9 Å². The van der Waals surface area contributed by atoms with Crippen LogP contribution in [0.25, 0.3) is 0 Å². The van der Waals surface area contributed by atoms with Crippen LogP contribution in [0.15, 0.2) is 18.2 Å². The Labute approximate surface area is 120 Å². The molecule has 0 amide bonds. The molecule has 0 bridgehead atoms. The lowest BCUT2D eigenvalue weighted by Crippen LogP contribution is -2.45. The van der Waals surface area contributed by atoms with Crippen molar-refractivity contribution in [1.82, 2.24) is 0 Å². The number of alkyl halides is 1. The molecule has 19 heavy (non-hydrogen) atoms. The zero-order valence-corrected chi connectivity index (χ0v) is 12.6. The molecule has 0 radical (unpaired) electrons. The van der Waals surface area contributed by atoms with Gasteiger partial charge in [-0.15, -0.1) is 0 Å². The van der Waals surface area contributed by atoms with Crippen LogP contribution in [0.1, 0.15) is 19.4 Å². The van der Waals surface area contributed by atoms with Crippen molar-refractivity contribution < 1.29 is 9.66 Å². The Morgan fingerprint density at radius 1 is 1.37 bits per heavy atom. The lowest BCUT2D eigenvalue weighted by molar-refractivity contribution is -0.384. The molecular weight excluding hydrogens is 312 g/mol. The molecule has 104 valence electrons. The van der Waals surface area contributed by atoms with Crippen molar-refractivity contribution in [2.45, 2.75) is 31.4 Å². The number of hydrogen-bond donors (Lipinski definition) is 0. The molecule has 0 aliphatic carbocycles. The maximum atomic E-state index is 11.0. The van der Waals surface area contributed by atoms with Crippen LogP contribution in [-0.4, -0.2) is 30.2 Å². The van der Waals surface area contributed by atoms with Gasteiger partial charge in [-0.25, -0.2) is 0 Å². The molecule has 1 aliphatic heterocycles. The van der Waals surface area contributed by atoms with Crippen LogP contribution in [0.5, 0.6) is 0 Å². The summed E-state index contributed by atoms with van der Waals surface area (Å²) in [5.74, 6) is 0. The van der Waals surface area contributed by atoms with E-state index in [0.717, 1.165) is 24.3 Å². The standard InChI is InChI=1S/C13H17BrN2O3/c1-9-7-15(8-10(2)19-9)12-3-11(6-14)4-13(5-12)16(17)18/h3-5,9-10H,6-8H2,1-2H3/t9-,10-/m0/s1. The number of nitrogens with zero attached hydrogens (tertiary/aromatic N) is 2. The van der Waals surface area contributed by atoms with Crippen molar-refractivity contribution >= 4 is 27.3 Å². The molecule has 1 fully saturated rings. The van der Waals surface area contributed by atoms with E-state index >= 15 is 0 Å². The van der Waals surface area contributed by atoms with Gasteiger partial charge in [-0.05, 0) is 25.5 Å². The number of rotatable bonds is 3. The molecule has 5 nitrogen and oxygen atoms in total. The Morgan fingerprint density at radius 2 is 2.00 bits per heavy atom. The van der Waals surface area contributed by atoms with Crippen molar-refractivity contribution in [3.05, 3.63) is 33.9 Å². The van der Waals surface area contributed by atoms with Gasteiger partial charge < -0.3 is 9.64 Å². The van der Waals surface area contributed by atoms with Gasteiger partial charge in [0.25, 0.3) is 5.69 Å². The lowest BCUT2D eigenvalue weighted by atomic mass is 10.1. The topological polar surface area (TPSA) is 55.6 Å². The molecule has 1 heterocycles. The number of ether oxygens (including phenoxy) is 1. The van der Waals surface area contributed by atoms with Crippen molar-refractivity contribution in [3.8, 4) is 0 Å². The number of anilines is 1. The molecule has 1 saturated heterocycles. The van der Waals surface area contributed by atoms with Crippen LogP contribution < -0.4 is 4.90 Å². The van der Waals surface area contributed by atoms with E-state index in [4.69, 9.17) is 4.74 Å². The highest BCUT2D eigenvalue weighted by atomic mass is 79.9. The first-order chi connectivity index (χ1) is 8.99. The van der Waals surface area contributed by atoms with E-state index in [0.29, 0.717) is 5.33 Å². The Morgan fingerprint density at radius 3 is 2.53 bits per heavy atom. The number of nitro groups is 1. The van der Waals surface area contributed by atoms with Crippen LogP contribution in [0.4, 0.5) is 11.4 Å². The minimum absolute atomic E-state index is 0.135. The first kappa shape index (κ1) is 14.3. The molecular formula is C13H17BrN2O3. The number of non-ortho nitro benzene ring substituents is 1. The number of halogens is 1. The Kier molecular flexibility index (Phi) is 4.42. The number of benzene rings is 1. The summed E-state index contributed by atoms with van der Waals surface area (Å²) in [7, 11) is 0. The molecule has 2 atom stereocenters. The summed E-state index contributed by atoms with van der Waals surface area (Å²) < 4.78 is 5.69. The van der Waals surface area contributed by atoms with Crippen LogP contribution in [0.3, 0.4) is 0 Å². The molecule has 1 aromatic carbocycles. The van der Waals surface area contributed by atoms with Crippen molar-refractivity contribution in [1.29, 1.82) is 0 Å². The maximum Gasteiger partial charge on any atom is 0.271 e. The first-order valence-corrected chi connectivity index (χ1v) is 7.36. The van der Waals surface area contributed by atoms with Gasteiger partial charge in [-0.2, -0.15) is 0 Å². The highest BCUT2D eigenvalue weighted by Crippen LogP contribution is 2.27. The smallest absolute Gasteiger partial charge is 0.271 e. The van der Waals surface area contributed by atoms with Crippen molar-refractivity contribution in [2.75, 3.05) is 18.0 Å². The second-order valence-electron chi connectivity index (χ2n) is 4.91. The van der Waals surface area contributed by atoms with Gasteiger partial charge in [0, 0.05) is 36.2 Å². The monoisotopic (exact) mass is 328 g/mol. The van der Waals surface area contributed by atoms with Gasteiger partial charge in [0.1, 0.15) is 0 Å². The number of nitro benzene ring substituents is 1. The molecule has 6 heteroatoms. The van der Waals surface area contributed by atoms with Gasteiger partial charge in [0.2, 0.25) is 0 Å². The quantitative estimate of drug-likeness (QED) is 0.486. The Balaban J connectivity index is 2.32. The molecule has 0 saturated carbocycles. The molecule has 1 aromatic rings. The molecule has 0 aromatic heterocycles. The second kappa shape index (κ2) is 5.88. The summed E-state index contributed by atoms with van der Waals surface area (Å²) in [6.07, 6.45) is 0.269. The third-order valence-electron chi connectivity index (χ3n) is 3.11. The van der Waals surface area contributed by atoms with Crippen LogP contribution in [0, 0.1) is 10.1 Å². The fourth-order valence-electron chi connectivity index (χ4n) is 2.41. The summed E-state index contributed by atoms with van der Waals surface area (Å²) >= 11 is 3.36. The summed E-state index contributed by atoms with van der Waals surface area (Å²) in [6.45, 7) is 5.55. The summed E-state index contributed by atoms with van der Waals surface area (Å²) in [6, 6.07) is 5.23. The van der Waals surface area contributed by atoms with E-state index in [2.05, 4.69) is 20.8 Å². The van der Waals surface area contributed by atoms with E-state index in [9.17, 15) is 10.1 Å². The summed E-state index contributed by atoms with van der Waals surface area (Å²) in [5, 5.41) is 11.6. The number of morpholine rings is 1. The van der Waals surface area contributed by atoms with Gasteiger partial charge in [-0.3, -0.25) is 10.1 Å². The minimum atomic E-state index is -0.344. The minimum Gasteiger partial charge on any atom is -0.372 e. The molecule has 2 rings (SSSR count). The molecule has 0 unspecified atom stereocenters. The van der Waals surface area contributed by atoms with E-state index in [1.165, 1.54) is 0 Å². The van der Waals surface area contributed by atoms with E-state index in [1.54, 1.807) is 12.1 Å². The van der Waals surface area contributed by atoms with Crippen LogP contribution in [0.2, 0.25) is 0 Å². The average Bonchev–Trinajstić information content (AvgIpc) is 2.37. The molecule has 1 aliphatic rings.